The van der Waals surface area contributed by atoms with Gasteiger partial charge in [-0.25, -0.2) is 0 Å². The van der Waals surface area contributed by atoms with Crippen LogP contribution in [0.1, 0.15) is 5.56 Å². The fourth-order valence-corrected chi connectivity index (χ4v) is 0.837. The molecular weight excluding hydrogens is 140 g/mol. The highest BCUT2D eigenvalue weighted by molar-refractivity contribution is 5.43. The number of anilines is 1. The predicted molar refractivity (Wildman–Crippen MR) is 45.3 cm³/mol. The third-order valence-electron chi connectivity index (χ3n) is 1.43. The van der Waals surface area contributed by atoms with Crippen molar-refractivity contribution in [3.63, 3.8) is 0 Å². The van der Waals surface area contributed by atoms with Gasteiger partial charge in [0.05, 0.1) is 0 Å². The second kappa shape index (κ2) is 3.92. The zero-order valence-electron chi connectivity index (χ0n) is 6.17. The quantitative estimate of drug-likeness (QED) is 0.361. The summed E-state index contributed by atoms with van der Waals surface area (Å²) in [5, 5.41) is 0. The van der Waals surface area contributed by atoms with Crippen LogP contribution in [0.4, 0.5) is 5.69 Å². The van der Waals surface area contributed by atoms with Crippen LogP contribution in [0.3, 0.4) is 0 Å². The molecule has 4 heteroatoms. The normalized spacial score (nSPS) is 9.64. The van der Waals surface area contributed by atoms with Gasteiger partial charge in [-0.05, 0) is 17.7 Å². The number of rotatable bonds is 3. The Labute approximate surface area is 65.5 Å². The lowest BCUT2D eigenvalue weighted by Crippen LogP contribution is -2.20. The lowest BCUT2D eigenvalue weighted by atomic mass is 10.2. The van der Waals surface area contributed by atoms with Crippen LogP contribution in [0.5, 0.6) is 0 Å². The molecule has 1 rings (SSSR count). The SMILES string of the molecule is NNCc1ccc(NN)cc1. The van der Waals surface area contributed by atoms with Gasteiger partial charge in [-0.15, -0.1) is 0 Å². The lowest BCUT2D eigenvalue weighted by Gasteiger charge is -2.01. The molecule has 0 unspecified atom stereocenters. The molecule has 4 nitrogen and oxygen atoms in total. The maximum atomic E-state index is 5.18. The summed E-state index contributed by atoms with van der Waals surface area (Å²) in [6.07, 6.45) is 0. The molecule has 0 spiro atoms. The van der Waals surface area contributed by atoms with Crippen molar-refractivity contribution >= 4 is 5.69 Å². The van der Waals surface area contributed by atoms with Gasteiger partial charge in [-0.3, -0.25) is 17.1 Å². The molecule has 0 aliphatic rings. The number of hydrazine groups is 2. The van der Waals surface area contributed by atoms with Gasteiger partial charge in [-0.1, -0.05) is 12.1 Å². The first kappa shape index (κ1) is 8.00. The van der Waals surface area contributed by atoms with Crippen molar-refractivity contribution in [1.29, 1.82) is 0 Å². The highest BCUT2D eigenvalue weighted by Gasteiger charge is 1.90. The van der Waals surface area contributed by atoms with E-state index in [2.05, 4.69) is 10.9 Å². The van der Waals surface area contributed by atoms with Gasteiger partial charge < -0.3 is 5.43 Å². The van der Waals surface area contributed by atoms with Gasteiger partial charge in [0, 0.05) is 12.2 Å². The molecule has 1 aromatic carbocycles. The van der Waals surface area contributed by atoms with Gasteiger partial charge in [0.25, 0.3) is 0 Å². The van der Waals surface area contributed by atoms with Crippen LogP contribution in [-0.2, 0) is 6.54 Å². The van der Waals surface area contributed by atoms with Crippen molar-refractivity contribution in [3.8, 4) is 0 Å². The minimum absolute atomic E-state index is 0.671. The average Bonchev–Trinajstić information content (AvgIpc) is 2.07. The first-order valence-electron chi connectivity index (χ1n) is 3.36. The zero-order valence-corrected chi connectivity index (χ0v) is 6.17. The third-order valence-corrected chi connectivity index (χ3v) is 1.43. The van der Waals surface area contributed by atoms with E-state index in [0.717, 1.165) is 11.3 Å². The monoisotopic (exact) mass is 152 g/mol. The van der Waals surface area contributed by atoms with Crippen LogP contribution in [0.15, 0.2) is 24.3 Å². The van der Waals surface area contributed by atoms with E-state index < -0.39 is 0 Å². The smallest absolute Gasteiger partial charge is 0.0485 e. The molecule has 0 saturated carbocycles. The zero-order chi connectivity index (χ0) is 8.10. The van der Waals surface area contributed by atoms with Gasteiger partial charge in [-0.2, -0.15) is 0 Å². The molecule has 0 saturated heterocycles. The number of benzene rings is 1. The number of hydrogen-bond donors (Lipinski definition) is 4. The molecule has 0 atom stereocenters. The first-order valence-corrected chi connectivity index (χ1v) is 3.36. The van der Waals surface area contributed by atoms with Crippen LogP contribution < -0.4 is 22.5 Å². The van der Waals surface area contributed by atoms with E-state index >= 15 is 0 Å². The number of nitrogen functional groups attached to an aromatic ring is 1. The third kappa shape index (κ3) is 2.19. The molecule has 1 aromatic rings. The number of nitrogens with two attached hydrogens (primary N) is 2. The Bertz CT molecular complexity index is 206. The second-order valence-electron chi connectivity index (χ2n) is 2.22. The van der Waals surface area contributed by atoms with Gasteiger partial charge in [0.2, 0.25) is 0 Å². The maximum Gasteiger partial charge on any atom is 0.0485 e. The number of hydrogen-bond acceptors (Lipinski definition) is 4. The maximum absolute atomic E-state index is 5.18. The first-order chi connectivity index (χ1) is 5.36. The lowest BCUT2D eigenvalue weighted by molar-refractivity contribution is 0.741. The van der Waals surface area contributed by atoms with Crippen molar-refractivity contribution in [3.05, 3.63) is 29.8 Å². The van der Waals surface area contributed by atoms with Crippen molar-refractivity contribution < 1.29 is 0 Å². The molecule has 60 valence electrons. The summed E-state index contributed by atoms with van der Waals surface area (Å²) in [5.74, 6) is 10.3. The van der Waals surface area contributed by atoms with E-state index in [4.69, 9.17) is 11.7 Å². The van der Waals surface area contributed by atoms with Gasteiger partial charge in [0.1, 0.15) is 0 Å². The Balaban J connectivity index is 2.66. The molecule has 0 radical (unpaired) electrons. The topological polar surface area (TPSA) is 76.1 Å². The Morgan fingerprint density at radius 2 is 1.73 bits per heavy atom. The van der Waals surface area contributed by atoms with Crippen LogP contribution in [0.25, 0.3) is 0 Å². The summed E-state index contributed by atoms with van der Waals surface area (Å²) in [5.41, 5.74) is 7.14. The standard InChI is InChI=1S/C7H12N4/c8-10-5-6-1-3-7(11-9)4-2-6/h1-4,10-11H,5,8-9H2. The largest absolute Gasteiger partial charge is 0.324 e. The summed E-state index contributed by atoms with van der Waals surface area (Å²) in [6.45, 7) is 0.671. The van der Waals surface area contributed by atoms with Crippen molar-refractivity contribution in [2.75, 3.05) is 5.43 Å². The average molecular weight is 152 g/mol. The fourth-order valence-electron chi connectivity index (χ4n) is 0.837. The molecule has 0 amide bonds. The van der Waals surface area contributed by atoms with Crippen molar-refractivity contribution in [2.24, 2.45) is 11.7 Å². The van der Waals surface area contributed by atoms with Crippen LogP contribution in [0, 0.1) is 0 Å². The summed E-state index contributed by atoms with van der Waals surface area (Å²) in [7, 11) is 0. The van der Waals surface area contributed by atoms with E-state index in [1.165, 1.54) is 0 Å². The Hall–Kier alpha value is -1.10. The minimum Gasteiger partial charge on any atom is -0.324 e. The Morgan fingerprint density at radius 1 is 1.09 bits per heavy atom. The van der Waals surface area contributed by atoms with E-state index in [-0.39, 0.29) is 0 Å². The highest BCUT2D eigenvalue weighted by atomic mass is 15.2. The Morgan fingerprint density at radius 3 is 2.18 bits per heavy atom. The molecule has 6 N–H and O–H groups in total. The molecule has 0 bridgehead atoms. The van der Waals surface area contributed by atoms with E-state index in [1.807, 2.05) is 24.3 Å². The summed E-state index contributed by atoms with van der Waals surface area (Å²) >= 11 is 0. The molecule has 0 aliphatic heterocycles. The molecule has 0 fully saturated rings. The highest BCUT2D eigenvalue weighted by Crippen LogP contribution is 2.06. The van der Waals surface area contributed by atoms with Crippen LogP contribution in [0.2, 0.25) is 0 Å². The molecular formula is C7H12N4. The minimum atomic E-state index is 0.671. The Kier molecular flexibility index (Phi) is 2.85. The second-order valence-corrected chi connectivity index (χ2v) is 2.22. The van der Waals surface area contributed by atoms with Gasteiger partial charge >= 0.3 is 0 Å². The molecule has 11 heavy (non-hydrogen) atoms. The fraction of sp³-hybridized carbons (Fsp3) is 0.143. The summed E-state index contributed by atoms with van der Waals surface area (Å²) in [4.78, 5) is 0. The van der Waals surface area contributed by atoms with Crippen molar-refractivity contribution in [1.82, 2.24) is 5.43 Å². The number of nitrogens with one attached hydrogen (secondary N) is 2. The van der Waals surface area contributed by atoms with Gasteiger partial charge in [0.15, 0.2) is 0 Å². The molecule has 0 heterocycles. The van der Waals surface area contributed by atoms with Crippen LogP contribution >= 0.6 is 0 Å². The molecule has 0 aromatic heterocycles. The van der Waals surface area contributed by atoms with Crippen LogP contribution in [-0.4, -0.2) is 0 Å². The van der Waals surface area contributed by atoms with E-state index in [1.54, 1.807) is 0 Å². The molecule has 0 aliphatic carbocycles. The van der Waals surface area contributed by atoms with E-state index in [9.17, 15) is 0 Å². The predicted octanol–water partition coefficient (Wildman–Crippen LogP) is -0.0645. The summed E-state index contributed by atoms with van der Waals surface area (Å²) in [6, 6.07) is 7.70. The summed E-state index contributed by atoms with van der Waals surface area (Å²) < 4.78 is 0. The van der Waals surface area contributed by atoms with Crippen molar-refractivity contribution in [2.45, 2.75) is 6.54 Å². The van der Waals surface area contributed by atoms with E-state index in [0.29, 0.717) is 6.54 Å².